The van der Waals surface area contributed by atoms with E-state index in [0.717, 1.165) is 32.6 Å². The van der Waals surface area contributed by atoms with Crippen LogP contribution in [0.1, 0.15) is 72.1 Å². The van der Waals surface area contributed by atoms with E-state index in [4.69, 9.17) is 4.74 Å². The van der Waals surface area contributed by atoms with Gasteiger partial charge in [0.25, 0.3) is 0 Å². The van der Waals surface area contributed by atoms with Crippen LogP contribution in [0.3, 0.4) is 0 Å². The molecule has 1 unspecified atom stereocenters. The SMILES string of the molecule is CC(C)(C)c1ccc(S(=O)c2ccc(Oc3ccc(C(C)(C)c4ccc(O)cc4)cc3)cc2)cc1.CC(C)C. The normalized spacial score (nSPS) is 12.4. The number of rotatable bonds is 6. The molecule has 1 N–H and O–H groups in total. The number of benzene rings is 4. The van der Waals surface area contributed by atoms with Crippen LogP contribution in [0.2, 0.25) is 0 Å². The Morgan fingerprint density at radius 2 is 0.923 bits per heavy atom. The highest BCUT2D eigenvalue weighted by atomic mass is 32.2. The summed E-state index contributed by atoms with van der Waals surface area (Å²) in [4.78, 5) is 1.53. The van der Waals surface area contributed by atoms with Gasteiger partial charge in [-0.2, -0.15) is 0 Å². The van der Waals surface area contributed by atoms with Gasteiger partial charge in [-0.25, -0.2) is 4.21 Å². The van der Waals surface area contributed by atoms with E-state index in [1.807, 2.05) is 60.7 Å². The first-order chi connectivity index (χ1) is 18.3. The lowest BCUT2D eigenvalue weighted by Crippen LogP contribution is -2.18. The molecule has 0 spiro atoms. The quantitative estimate of drug-likeness (QED) is 0.264. The van der Waals surface area contributed by atoms with E-state index in [1.54, 1.807) is 12.1 Å². The van der Waals surface area contributed by atoms with Gasteiger partial charge < -0.3 is 9.84 Å². The van der Waals surface area contributed by atoms with Crippen molar-refractivity contribution < 1.29 is 14.1 Å². The van der Waals surface area contributed by atoms with Gasteiger partial charge >= 0.3 is 0 Å². The molecule has 3 nitrogen and oxygen atoms in total. The van der Waals surface area contributed by atoms with E-state index in [9.17, 15) is 9.32 Å². The Morgan fingerprint density at radius 3 is 1.33 bits per heavy atom. The van der Waals surface area contributed by atoms with Crippen molar-refractivity contribution >= 4 is 10.8 Å². The predicted molar refractivity (Wildman–Crippen MR) is 164 cm³/mol. The molecule has 0 amide bonds. The van der Waals surface area contributed by atoms with Crippen molar-refractivity contribution in [2.75, 3.05) is 0 Å². The van der Waals surface area contributed by atoms with E-state index in [-0.39, 0.29) is 16.6 Å². The predicted octanol–water partition coefficient (Wildman–Crippen LogP) is 9.64. The van der Waals surface area contributed by atoms with Gasteiger partial charge in [-0.1, -0.05) is 91.8 Å². The van der Waals surface area contributed by atoms with Crippen molar-refractivity contribution in [3.8, 4) is 17.2 Å². The Balaban J connectivity index is 0.000000983. The zero-order valence-corrected chi connectivity index (χ0v) is 25.3. The second-order valence-electron chi connectivity index (χ2n) is 12.0. The molecule has 0 aliphatic heterocycles. The Labute approximate surface area is 237 Å². The van der Waals surface area contributed by atoms with Gasteiger partial charge in [0.1, 0.15) is 17.2 Å². The van der Waals surface area contributed by atoms with Crippen LogP contribution in [0.15, 0.2) is 107 Å². The van der Waals surface area contributed by atoms with Crippen molar-refractivity contribution in [2.24, 2.45) is 5.92 Å². The Kier molecular flexibility index (Phi) is 9.79. The molecule has 0 saturated heterocycles. The summed E-state index contributed by atoms with van der Waals surface area (Å²) >= 11 is 0. The first-order valence-corrected chi connectivity index (χ1v) is 14.6. The van der Waals surface area contributed by atoms with Gasteiger partial charge in [0.05, 0.1) is 10.8 Å². The van der Waals surface area contributed by atoms with Crippen LogP contribution < -0.4 is 4.74 Å². The van der Waals surface area contributed by atoms with Crippen molar-refractivity contribution in [2.45, 2.75) is 76.0 Å². The van der Waals surface area contributed by atoms with Crippen LogP contribution in [0.4, 0.5) is 0 Å². The molecule has 0 aliphatic rings. The summed E-state index contributed by atoms with van der Waals surface area (Å²) in [7, 11) is -1.24. The molecule has 4 rings (SSSR count). The van der Waals surface area contributed by atoms with E-state index in [2.05, 4.69) is 79.7 Å². The number of hydrogen-bond donors (Lipinski definition) is 1. The first kappa shape index (κ1) is 30.2. The second-order valence-corrected chi connectivity index (χ2v) is 13.5. The van der Waals surface area contributed by atoms with Gasteiger partial charge in [-0.05, 0) is 88.7 Å². The van der Waals surface area contributed by atoms with Crippen molar-refractivity contribution in [1.29, 1.82) is 0 Å². The average molecular weight is 543 g/mol. The van der Waals surface area contributed by atoms with Crippen molar-refractivity contribution in [1.82, 2.24) is 0 Å². The third-order valence-corrected chi connectivity index (χ3v) is 7.77. The van der Waals surface area contributed by atoms with E-state index in [1.165, 1.54) is 5.56 Å². The van der Waals surface area contributed by atoms with Crippen LogP contribution >= 0.6 is 0 Å². The third-order valence-electron chi connectivity index (χ3n) is 6.37. The summed E-state index contributed by atoms with van der Waals surface area (Å²) in [6.07, 6.45) is 0. The number of phenolic OH excluding ortho intramolecular Hbond substituents is 1. The molecular weight excluding hydrogens is 500 g/mol. The minimum atomic E-state index is -1.24. The largest absolute Gasteiger partial charge is 0.508 e. The fourth-order valence-corrected chi connectivity index (χ4v) is 5.01. The van der Waals surface area contributed by atoms with Crippen LogP contribution in [-0.2, 0) is 21.6 Å². The maximum Gasteiger partial charge on any atom is 0.127 e. The highest BCUT2D eigenvalue weighted by Crippen LogP contribution is 2.34. The smallest absolute Gasteiger partial charge is 0.127 e. The van der Waals surface area contributed by atoms with Gasteiger partial charge in [0.15, 0.2) is 0 Å². The maximum atomic E-state index is 13.0. The molecule has 1 atom stereocenters. The van der Waals surface area contributed by atoms with Crippen molar-refractivity contribution in [3.05, 3.63) is 114 Å². The molecule has 0 aromatic heterocycles. The minimum Gasteiger partial charge on any atom is -0.508 e. The fourth-order valence-electron chi connectivity index (χ4n) is 3.97. The summed E-state index contributed by atoms with van der Waals surface area (Å²) in [5, 5.41) is 9.58. The van der Waals surface area contributed by atoms with Crippen LogP contribution in [0, 0.1) is 5.92 Å². The second kappa shape index (κ2) is 12.7. The van der Waals surface area contributed by atoms with Gasteiger partial charge in [-0.3, -0.25) is 0 Å². The molecule has 4 heteroatoms. The molecule has 39 heavy (non-hydrogen) atoms. The molecule has 0 aliphatic carbocycles. The molecule has 0 saturated carbocycles. The molecule has 0 heterocycles. The van der Waals surface area contributed by atoms with Crippen LogP contribution in [-0.4, -0.2) is 9.32 Å². The minimum absolute atomic E-state index is 0.0679. The molecule has 0 radical (unpaired) electrons. The van der Waals surface area contributed by atoms with E-state index >= 15 is 0 Å². The van der Waals surface area contributed by atoms with Crippen molar-refractivity contribution in [3.63, 3.8) is 0 Å². The van der Waals surface area contributed by atoms with Crippen LogP contribution in [0.5, 0.6) is 17.2 Å². The molecule has 206 valence electrons. The monoisotopic (exact) mass is 542 g/mol. The first-order valence-electron chi connectivity index (χ1n) is 13.5. The summed E-state index contributed by atoms with van der Waals surface area (Å²) in [6.45, 7) is 17.3. The lowest BCUT2D eigenvalue weighted by Gasteiger charge is -2.26. The summed E-state index contributed by atoms with van der Waals surface area (Å²) < 4.78 is 19.0. The number of ether oxygens (including phenoxy) is 1. The maximum absolute atomic E-state index is 13.0. The molecule has 4 aromatic carbocycles. The van der Waals surface area contributed by atoms with Crippen LogP contribution in [0.25, 0.3) is 0 Å². The standard InChI is InChI=1S/C31H32O3S.C4H10/c1-30(2,3)22-10-18-28(19-11-22)35(33)29-20-16-27(17-21-29)34-26-14-8-24(9-15-26)31(4,5)23-6-12-25(32)13-7-23;1-4(2)3/h6-21,32H,1-5H3;4H,1-3H3. The number of phenols is 1. The molecule has 0 fully saturated rings. The lowest BCUT2D eigenvalue weighted by molar-refractivity contribution is 0.474. The molecule has 0 bridgehead atoms. The highest BCUT2D eigenvalue weighted by molar-refractivity contribution is 7.85. The summed E-state index contributed by atoms with van der Waals surface area (Å²) in [6, 6.07) is 30.8. The van der Waals surface area contributed by atoms with E-state index < -0.39 is 10.8 Å². The van der Waals surface area contributed by atoms with Gasteiger partial charge in [-0.15, -0.1) is 0 Å². The van der Waals surface area contributed by atoms with Gasteiger partial charge in [0.2, 0.25) is 0 Å². The topological polar surface area (TPSA) is 46.5 Å². The fraction of sp³-hybridized carbons (Fsp3) is 0.314. The molecule has 4 aromatic rings. The highest BCUT2D eigenvalue weighted by Gasteiger charge is 2.23. The summed E-state index contributed by atoms with van der Waals surface area (Å²) in [5.74, 6) is 2.53. The average Bonchev–Trinajstić information content (AvgIpc) is 2.88. The molecular formula is C35H42O3S. The summed E-state index contributed by atoms with van der Waals surface area (Å²) in [5.41, 5.74) is 3.36. The third kappa shape index (κ3) is 8.31. The Hall–Kier alpha value is -3.37. The Morgan fingerprint density at radius 1 is 0.590 bits per heavy atom. The zero-order chi connectivity index (χ0) is 28.8. The number of hydrogen-bond acceptors (Lipinski definition) is 3. The lowest BCUT2D eigenvalue weighted by atomic mass is 9.78. The zero-order valence-electron chi connectivity index (χ0n) is 24.5. The van der Waals surface area contributed by atoms with E-state index in [0.29, 0.717) is 5.75 Å². The van der Waals surface area contributed by atoms with Gasteiger partial charge in [0, 0.05) is 15.2 Å². The Bertz CT molecular complexity index is 1340. The number of aromatic hydroxyl groups is 1.